The summed E-state index contributed by atoms with van der Waals surface area (Å²) in [5.74, 6) is 1.03. The molecule has 0 aliphatic carbocycles. The van der Waals surface area contributed by atoms with Crippen molar-refractivity contribution in [2.45, 2.75) is 46.0 Å². The van der Waals surface area contributed by atoms with E-state index in [1.165, 1.54) is 0 Å². The number of nitrogens with zero attached hydrogens (tertiary/aromatic N) is 2. The minimum Gasteiger partial charge on any atom is -0.342 e. The van der Waals surface area contributed by atoms with Crippen LogP contribution in [-0.4, -0.2) is 60.6 Å². The third-order valence-electron chi connectivity index (χ3n) is 4.56. The van der Waals surface area contributed by atoms with E-state index in [1.807, 2.05) is 18.7 Å². The minimum absolute atomic E-state index is 0.218. The van der Waals surface area contributed by atoms with E-state index < -0.39 is 10.9 Å². The van der Waals surface area contributed by atoms with Gasteiger partial charge in [0.25, 0.3) is 0 Å². The molecular formula is C17H33FN2OS. The van der Waals surface area contributed by atoms with Crippen molar-refractivity contribution >= 4 is 22.1 Å². The highest BCUT2D eigenvalue weighted by Crippen LogP contribution is 2.25. The van der Waals surface area contributed by atoms with Gasteiger partial charge in [-0.25, -0.2) is 0 Å². The van der Waals surface area contributed by atoms with Gasteiger partial charge in [0.15, 0.2) is 0 Å². The first-order valence-corrected chi connectivity index (χ1v) is 10.3. The van der Waals surface area contributed by atoms with Crippen LogP contribution < -0.4 is 0 Å². The minimum atomic E-state index is -1.08. The first-order valence-electron chi connectivity index (χ1n) is 8.68. The van der Waals surface area contributed by atoms with Crippen molar-refractivity contribution in [1.82, 2.24) is 9.80 Å². The Hall–Kier alpha value is -0.420. The predicted molar refractivity (Wildman–Crippen MR) is 96.2 cm³/mol. The second-order valence-corrected chi connectivity index (χ2v) is 7.54. The number of rotatable bonds is 3. The molecule has 1 amide bonds. The number of hydrogen-bond donors (Lipinski definition) is 0. The third kappa shape index (κ3) is 6.37. The second-order valence-electron chi connectivity index (χ2n) is 6.25. The van der Waals surface area contributed by atoms with Crippen LogP contribution >= 0.6 is 10.9 Å². The molecule has 2 saturated heterocycles. The van der Waals surface area contributed by atoms with Crippen LogP contribution in [0.2, 0.25) is 0 Å². The molecule has 0 bridgehead atoms. The highest BCUT2D eigenvalue weighted by atomic mass is 32.2. The van der Waals surface area contributed by atoms with Gasteiger partial charge < -0.3 is 9.80 Å². The number of carbonyl (C=O) groups excluding carboxylic acids is 1. The van der Waals surface area contributed by atoms with E-state index in [0.29, 0.717) is 11.8 Å². The van der Waals surface area contributed by atoms with E-state index >= 15 is 0 Å². The molecule has 0 saturated carbocycles. The zero-order chi connectivity index (χ0) is 16.5. The van der Waals surface area contributed by atoms with Crippen LogP contribution in [0.25, 0.3) is 0 Å². The summed E-state index contributed by atoms with van der Waals surface area (Å²) in [6, 6.07) is 0. The molecule has 0 aromatic heterocycles. The predicted octanol–water partition coefficient (Wildman–Crippen LogP) is 3.57. The van der Waals surface area contributed by atoms with E-state index in [0.717, 1.165) is 58.3 Å². The molecular weight excluding hydrogens is 299 g/mol. The first-order chi connectivity index (χ1) is 10.6. The molecule has 0 radical (unpaired) electrons. The number of amides is 1. The molecule has 2 aliphatic heterocycles. The van der Waals surface area contributed by atoms with Crippen LogP contribution in [0.15, 0.2) is 0 Å². The molecule has 2 atom stereocenters. The van der Waals surface area contributed by atoms with E-state index in [4.69, 9.17) is 0 Å². The normalized spacial score (nSPS) is 25.5. The zero-order valence-corrected chi connectivity index (χ0v) is 15.5. The fourth-order valence-corrected chi connectivity index (χ4v) is 3.78. The van der Waals surface area contributed by atoms with Gasteiger partial charge in [-0.3, -0.25) is 4.79 Å². The Morgan fingerprint density at radius 3 is 2.45 bits per heavy atom. The first kappa shape index (κ1) is 19.6. The number of piperidine rings is 2. The molecule has 22 heavy (non-hydrogen) atoms. The lowest BCUT2D eigenvalue weighted by Gasteiger charge is -2.37. The monoisotopic (exact) mass is 332 g/mol. The summed E-state index contributed by atoms with van der Waals surface area (Å²) in [6.07, 6.45) is 6.60. The Bertz CT molecular complexity index is 364. The summed E-state index contributed by atoms with van der Waals surface area (Å²) in [5, 5.41) is 1.77. The average Bonchev–Trinajstić information content (AvgIpc) is 2.55. The zero-order valence-electron chi connectivity index (χ0n) is 14.7. The highest BCUT2D eigenvalue weighted by Gasteiger charge is 2.30. The lowest BCUT2D eigenvalue weighted by molar-refractivity contribution is -0.138. The standard InChI is InChI=1S/C15H27FN2OS.C2H6/c1-17-9-5-14(6-10-17)15(19)18-8-3-4-13(12-18)7-11-20(2)16;1-2/h11,13-14H,3-10,12H2,1-2H3;1-2H3. The van der Waals surface area contributed by atoms with Crippen LogP contribution in [0.5, 0.6) is 0 Å². The van der Waals surface area contributed by atoms with Gasteiger partial charge in [0, 0.05) is 25.3 Å². The summed E-state index contributed by atoms with van der Waals surface area (Å²) in [7, 11) is 1.04. The van der Waals surface area contributed by atoms with E-state index in [2.05, 4.69) is 11.9 Å². The summed E-state index contributed by atoms with van der Waals surface area (Å²) in [6.45, 7) is 7.79. The van der Waals surface area contributed by atoms with Gasteiger partial charge in [0.2, 0.25) is 5.91 Å². The van der Waals surface area contributed by atoms with Gasteiger partial charge in [-0.2, -0.15) is 3.89 Å². The van der Waals surface area contributed by atoms with Gasteiger partial charge in [-0.1, -0.05) is 13.8 Å². The summed E-state index contributed by atoms with van der Waals surface area (Å²) in [4.78, 5) is 16.9. The second kappa shape index (κ2) is 10.4. The van der Waals surface area contributed by atoms with Crippen LogP contribution in [0.1, 0.15) is 46.0 Å². The Labute approximate surface area is 138 Å². The largest absolute Gasteiger partial charge is 0.342 e. The molecule has 2 rings (SSSR count). The quantitative estimate of drug-likeness (QED) is 0.738. The molecule has 0 spiro atoms. The molecule has 0 aromatic carbocycles. The van der Waals surface area contributed by atoms with Gasteiger partial charge in [0.1, 0.15) is 0 Å². The molecule has 2 heterocycles. The lowest BCUT2D eigenvalue weighted by Crippen LogP contribution is -2.45. The maximum absolute atomic E-state index is 12.9. The Kier molecular flexibility index (Phi) is 9.25. The topological polar surface area (TPSA) is 23.6 Å². The number of hydrogen-bond acceptors (Lipinski definition) is 2. The van der Waals surface area contributed by atoms with Crippen molar-refractivity contribution in [1.29, 1.82) is 0 Å². The van der Waals surface area contributed by atoms with Crippen molar-refractivity contribution in [2.75, 3.05) is 39.5 Å². The van der Waals surface area contributed by atoms with Crippen LogP contribution in [0.3, 0.4) is 0 Å². The van der Waals surface area contributed by atoms with Crippen molar-refractivity contribution in [3.05, 3.63) is 0 Å². The van der Waals surface area contributed by atoms with Crippen molar-refractivity contribution in [3.63, 3.8) is 0 Å². The molecule has 0 aromatic rings. The number of likely N-dealkylation sites (tertiary alicyclic amines) is 2. The number of carbonyl (C=O) groups is 1. The molecule has 130 valence electrons. The molecule has 3 nitrogen and oxygen atoms in total. The fourth-order valence-electron chi connectivity index (χ4n) is 3.24. The SMILES string of the molecule is CC.CN1CCC(C(=O)N2CCCC(C/C=S(\C)F)C2)CC1. The van der Waals surface area contributed by atoms with Crippen molar-refractivity contribution in [3.8, 4) is 0 Å². The van der Waals surface area contributed by atoms with Crippen LogP contribution in [0.4, 0.5) is 3.89 Å². The van der Waals surface area contributed by atoms with Crippen molar-refractivity contribution < 1.29 is 8.68 Å². The van der Waals surface area contributed by atoms with Gasteiger partial charge in [-0.15, -0.1) is 0 Å². The van der Waals surface area contributed by atoms with Crippen molar-refractivity contribution in [2.24, 2.45) is 11.8 Å². The lowest BCUT2D eigenvalue weighted by atomic mass is 9.91. The summed E-state index contributed by atoms with van der Waals surface area (Å²) < 4.78 is 12.9. The van der Waals surface area contributed by atoms with Gasteiger partial charge in [-0.05, 0) is 74.4 Å². The van der Waals surface area contributed by atoms with E-state index in [1.54, 1.807) is 11.6 Å². The fraction of sp³-hybridized carbons (Fsp3) is 0.882. The summed E-state index contributed by atoms with van der Waals surface area (Å²) >= 11 is 0. The maximum atomic E-state index is 12.9. The van der Waals surface area contributed by atoms with Gasteiger partial charge in [0.05, 0.1) is 0 Å². The molecule has 2 unspecified atom stereocenters. The van der Waals surface area contributed by atoms with E-state index in [-0.39, 0.29) is 5.92 Å². The Morgan fingerprint density at radius 1 is 1.23 bits per heavy atom. The molecule has 5 heteroatoms. The van der Waals surface area contributed by atoms with Gasteiger partial charge >= 0.3 is 0 Å². The smallest absolute Gasteiger partial charge is 0.225 e. The molecule has 0 N–H and O–H groups in total. The van der Waals surface area contributed by atoms with E-state index in [9.17, 15) is 8.68 Å². The maximum Gasteiger partial charge on any atom is 0.225 e. The Morgan fingerprint density at radius 2 is 1.86 bits per heavy atom. The third-order valence-corrected chi connectivity index (χ3v) is 5.21. The Balaban J connectivity index is 0.00000116. The highest BCUT2D eigenvalue weighted by molar-refractivity contribution is 8.09. The van der Waals surface area contributed by atoms with Crippen LogP contribution in [0, 0.1) is 11.8 Å². The van der Waals surface area contributed by atoms with Crippen LogP contribution in [-0.2, 0) is 4.79 Å². The number of halogens is 1. The average molecular weight is 333 g/mol. The molecule has 2 aliphatic rings. The molecule has 2 fully saturated rings. The summed E-state index contributed by atoms with van der Waals surface area (Å²) in [5.41, 5.74) is 0.